The normalized spacial score (nSPS) is 24.2. The van der Waals surface area contributed by atoms with Crippen molar-refractivity contribution in [1.29, 1.82) is 0 Å². The summed E-state index contributed by atoms with van der Waals surface area (Å²) >= 11 is 0. The van der Waals surface area contributed by atoms with Gasteiger partial charge in [0, 0.05) is 6.54 Å². The molecule has 1 aromatic rings. The van der Waals surface area contributed by atoms with Gasteiger partial charge in [0.2, 0.25) is 0 Å². The third-order valence-electron chi connectivity index (χ3n) is 2.96. The van der Waals surface area contributed by atoms with E-state index in [4.69, 9.17) is 9.47 Å². The van der Waals surface area contributed by atoms with Crippen molar-refractivity contribution in [3.63, 3.8) is 0 Å². The van der Waals surface area contributed by atoms with Gasteiger partial charge in [0.05, 0.1) is 12.7 Å². The Kier molecular flexibility index (Phi) is 4.02. The van der Waals surface area contributed by atoms with Crippen molar-refractivity contribution in [2.45, 2.75) is 33.1 Å². The van der Waals surface area contributed by atoms with Gasteiger partial charge in [-0.25, -0.2) is 0 Å². The average molecular weight is 235 g/mol. The van der Waals surface area contributed by atoms with E-state index in [2.05, 4.69) is 31.3 Å². The molecule has 2 atom stereocenters. The molecule has 0 spiro atoms. The molecule has 1 heterocycles. The van der Waals surface area contributed by atoms with Crippen LogP contribution in [0, 0.1) is 5.92 Å². The molecule has 3 nitrogen and oxygen atoms in total. The van der Waals surface area contributed by atoms with Gasteiger partial charge in [-0.2, -0.15) is 0 Å². The van der Waals surface area contributed by atoms with Crippen LogP contribution in [0.15, 0.2) is 24.3 Å². The van der Waals surface area contributed by atoms with Gasteiger partial charge in [-0.3, -0.25) is 5.32 Å². The van der Waals surface area contributed by atoms with Gasteiger partial charge in [0.1, 0.15) is 12.0 Å². The third kappa shape index (κ3) is 2.99. The minimum absolute atomic E-state index is 0.141. The average Bonchev–Trinajstić information content (AvgIpc) is 2.79. The van der Waals surface area contributed by atoms with Crippen molar-refractivity contribution < 1.29 is 9.47 Å². The van der Waals surface area contributed by atoms with Gasteiger partial charge in [-0.05, 0) is 30.5 Å². The van der Waals surface area contributed by atoms with Crippen LogP contribution in [-0.4, -0.2) is 19.4 Å². The van der Waals surface area contributed by atoms with Gasteiger partial charge >= 0.3 is 0 Å². The Morgan fingerprint density at radius 2 is 2.29 bits per heavy atom. The summed E-state index contributed by atoms with van der Waals surface area (Å²) in [6.45, 7) is 7.89. The Balaban J connectivity index is 2.05. The smallest absolute Gasteiger partial charge is 0.119 e. The van der Waals surface area contributed by atoms with E-state index in [9.17, 15) is 0 Å². The van der Waals surface area contributed by atoms with Crippen molar-refractivity contribution in [3.05, 3.63) is 29.8 Å². The van der Waals surface area contributed by atoms with Crippen LogP contribution in [0.3, 0.4) is 0 Å². The minimum atomic E-state index is 0.141. The summed E-state index contributed by atoms with van der Waals surface area (Å²) in [7, 11) is 0. The van der Waals surface area contributed by atoms with Gasteiger partial charge in [0.25, 0.3) is 0 Å². The maximum Gasteiger partial charge on any atom is 0.119 e. The van der Waals surface area contributed by atoms with Crippen molar-refractivity contribution >= 4 is 0 Å². The monoisotopic (exact) mass is 235 g/mol. The molecule has 17 heavy (non-hydrogen) atoms. The van der Waals surface area contributed by atoms with E-state index in [0.717, 1.165) is 12.3 Å². The maximum atomic E-state index is 5.98. The number of benzene rings is 1. The Hall–Kier alpha value is -1.06. The predicted octanol–water partition coefficient (Wildman–Crippen LogP) is 2.73. The molecule has 1 saturated heterocycles. The molecule has 1 aromatic carbocycles. The molecule has 2 rings (SSSR count). The molecule has 0 aromatic heterocycles. The molecule has 0 bridgehead atoms. The maximum absolute atomic E-state index is 5.98. The first-order valence-electron chi connectivity index (χ1n) is 6.32. The van der Waals surface area contributed by atoms with Crippen LogP contribution < -0.4 is 10.1 Å². The highest BCUT2D eigenvalue weighted by molar-refractivity contribution is 5.30. The first-order chi connectivity index (χ1) is 8.20. The molecule has 1 aliphatic rings. The molecule has 1 fully saturated rings. The molecule has 3 heteroatoms. The molecular formula is C14H21NO2. The largest absolute Gasteiger partial charge is 0.494 e. The van der Waals surface area contributed by atoms with Gasteiger partial charge < -0.3 is 9.47 Å². The standard InChI is InChI=1S/C14H21NO2/c1-4-16-12-7-5-6-11(8-12)13-9-15-14(17-13)10(2)3/h5-8,10,13-15H,4,9H2,1-3H3. The van der Waals surface area contributed by atoms with E-state index in [1.54, 1.807) is 0 Å². The van der Waals surface area contributed by atoms with E-state index in [-0.39, 0.29) is 12.3 Å². The first-order valence-corrected chi connectivity index (χ1v) is 6.32. The van der Waals surface area contributed by atoms with Gasteiger partial charge in [-0.1, -0.05) is 26.0 Å². The van der Waals surface area contributed by atoms with Gasteiger partial charge in [0.15, 0.2) is 0 Å². The number of rotatable bonds is 4. The highest BCUT2D eigenvalue weighted by atomic mass is 16.5. The predicted molar refractivity (Wildman–Crippen MR) is 68.1 cm³/mol. The topological polar surface area (TPSA) is 30.5 Å². The van der Waals surface area contributed by atoms with E-state index in [1.165, 1.54) is 5.56 Å². The van der Waals surface area contributed by atoms with Crippen molar-refractivity contribution in [1.82, 2.24) is 5.32 Å². The summed E-state index contributed by atoms with van der Waals surface area (Å²) in [5.41, 5.74) is 1.19. The summed E-state index contributed by atoms with van der Waals surface area (Å²) in [5.74, 6) is 1.41. The van der Waals surface area contributed by atoms with Crippen molar-refractivity contribution in [3.8, 4) is 5.75 Å². The minimum Gasteiger partial charge on any atom is -0.494 e. The molecular weight excluding hydrogens is 214 g/mol. The summed E-state index contributed by atoms with van der Waals surface area (Å²) in [6, 6.07) is 8.16. The zero-order valence-corrected chi connectivity index (χ0v) is 10.8. The zero-order chi connectivity index (χ0) is 12.3. The molecule has 0 saturated carbocycles. The second-order valence-corrected chi connectivity index (χ2v) is 4.70. The van der Waals surface area contributed by atoms with E-state index in [0.29, 0.717) is 12.5 Å². The summed E-state index contributed by atoms with van der Waals surface area (Å²) in [4.78, 5) is 0. The number of hydrogen-bond donors (Lipinski definition) is 1. The van der Waals surface area contributed by atoms with E-state index >= 15 is 0 Å². The lowest BCUT2D eigenvalue weighted by Crippen LogP contribution is -2.27. The summed E-state index contributed by atoms with van der Waals surface area (Å²) < 4.78 is 11.5. The van der Waals surface area contributed by atoms with Gasteiger partial charge in [-0.15, -0.1) is 0 Å². The Bertz CT molecular complexity index is 365. The Morgan fingerprint density at radius 3 is 2.94 bits per heavy atom. The molecule has 0 aliphatic carbocycles. The van der Waals surface area contributed by atoms with Crippen LogP contribution in [0.2, 0.25) is 0 Å². The summed E-state index contributed by atoms with van der Waals surface area (Å²) in [5, 5.41) is 3.39. The highest BCUT2D eigenvalue weighted by Gasteiger charge is 2.27. The highest BCUT2D eigenvalue weighted by Crippen LogP contribution is 2.27. The van der Waals surface area contributed by atoms with E-state index < -0.39 is 0 Å². The number of nitrogens with one attached hydrogen (secondary N) is 1. The van der Waals surface area contributed by atoms with Crippen molar-refractivity contribution in [2.75, 3.05) is 13.2 Å². The lowest BCUT2D eigenvalue weighted by molar-refractivity contribution is 0.0135. The fraction of sp³-hybridized carbons (Fsp3) is 0.571. The molecule has 0 amide bonds. The SMILES string of the molecule is CCOc1cccc(C2CNC(C(C)C)O2)c1. The second-order valence-electron chi connectivity index (χ2n) is 4.70. The summed E-state index contributed by atoms with van der Waals surface area (Å²) in [6.07, 6.45) is 0.304. The Morgan fingerprint density at radius 1 is 1.47 bits per heavy atom. The molecule has 94 valence electrons. The number of ether oxygens (including phenoxy) is 2. The quantitative estimate of drug-likeness (QED) is 0.870. The molecule has 2 unspecified atom stereocenters. The lowest BCUT2D eigenvalue weighted by atomic mass is 10.1. The van der Waals surface area contributed by atoms with Crippen LogP contribution in [-0.2, 0) is 4.74 Å². The van der Waals surface area contributed by atoms with Crippen LogP contribution in [0.1, 0.15) is 32.4 Å². The molecule has 1 aliphatic heterocycles. The van der Waals surface area contributed by atoms with Crippen molar-refractivity contribution in [2.24, 2.45) is 5.92 Å². The van der Waals surface area contributed by atoms with Crippen LogP contribution in [0.25, 0.3) is 0 Å². The lowest BCUT2D eigenvalue weighted by Gasteiger charge is -2.16. The first kappa shape index (κ1) is 12.4. The van der Waals surface area contributed by atoms with Crippen LogP contribution in [0.4, 0.5) is 0 Å². The number of hydrogen-bond acceptors (Lipinski definition) is 3. The second kappa shape index (κ2) is 5.52. The van der Waals surface area contributed by atoms with Crippen LogP contribution >= 0.6 is 0 Å². The fourth-order valence-electron chi connectivity index (χ4n) is 2.06. The van der Waals surface area contributed by atoms with E-state index in [1.807, 2.05) is 19.1 Å². The zero-order valence-electron chi connectivity index (χ0n) is 10.8. The molecule has 0 radical (unpaired) electrons. The molecule has 1 N–H and O–H groups in total. The fourth-order valence-corrected chi connectivity index (χ4v) is 2.06. The van der Waals surface area contributed by atoms with Crippen LogP contribution in [0.5, 0.6) is 5.75 Å². The third-order valence-corrected chi connectivity index (χ3v) is 2.96. The Labute approximate surface area is 103 Å².